The summed E-state index contributed by atoms with van der Waals surface area (Å²) in [5, 5.41) is 8.39. The van der Waals surface area contributed by atoms with Crippen LogP contribution in [0.15, 0.2) is 0 Å². The average Bonchev–Trinajstić information content (AvgIpc) is 1.93. The molecule has 1 rings (SSSR count). The summed E-state index contributed by atoms with van der Waals surface area (Å²) < 4.78 is 0. The van der Waals surface area contributed by atoms with E-state index in [9.17, 15) is 9.59 Å². The Hall–Kier alpha value is -1.06. The molecule has 0 unspecified atom stereocenters. The maximum Gasteiger partial charge on any atom is 0.323 e. The Labute approximate surface area is 72.2 Å². The normalized spacial score (nSPS) is 17.0. The fourth-order valence-electron chi connectivity index (χ4n) is 1.19. The molecule has 0 saturated carbocycles. The van der Waals surface area contributed by atoms with Crippen molar-refractivity contribution in [1.82, 2.24) is 4.90 Å². The third kappa shape index (κ3) is 2.90. The predicted molar refractivity (Wildman–Crippen MR) is 44.8 cm³/mol. The van der Waals surface area contributed by atoms with E-state index in [1.54, 1.807) is 0 Å². The maximum atomic E-state index is 11.0. The minimum atomic E-state index is -0.930. The van der Waals surface area contributed by atoms with Crippen LogP contribution in [0.25, 0.3) is 0 Å². The van der Waals surface area contributed by atoms with E-state index in [0.29, 0.717) is 13.0 Å². The van der Waals surface area contributed by atoms with Crippen LogP contribution in [0.4, 0.5) is 0 Å². The molecule has 1 saturated heterocycles. The van der Waals surface area contributed by atoms with Crippen LogP contribution in [0, 0.1) is 0 Å². The quantitative estimate of drug-likeness (QED) is 0.669. The molecule has 1 amide bonds. The molecular weight excluding hydrogens is 158 g/mol. The smallest absolute Gasteiger partial charge is 0.323 e. The molecule has 4 heteroatoms. The largest absolute Gasteiger partial charge is 0.480 e. The van der Waals surface area contributed by atoms with Crippen LogP contribution < -0.4 is 0 Å². The van der Waals surface area contributed by atoms with Gasteiger partial charge in [0.15, 0.2) is 0 Å². The average molecular weight is 173 g/mol. The van der Waals surface area contributed by atoms with Crippen molar-refractivity contribution < 1.29 is 14.7 Å². The van der Waals surface area contributed by atoms with Gasteiger partial charge in [-0.3, -0.25) is 9.59 Å². The molecule has 0 radical (unpaired) electrons. The van der Waals surface area contributed by atoms with Crippen molar-refractivity contribution in [3.05, 3.63) is 0 Å². The highest BCUT2D eigenvalue weighted by molar-refractivity contribution is 5.81. The van der Waals surface area contributed by atoms with E-state index in [-0.39, 0.29) is 19.9 Å². The summed E-state index contributed by atoms with van der Waals surface area (Å²) in [6, 6.07) is 0. The van der Waals surface area contributed by atoms with Gasteiger partial charge in [-0.2, -0.15) is 0 Å². The first-order valence-electron chi connectivity index (χ1n) is 3.70. The number of carboxylic acid groups (broad SMARTS) is 1. The Bertz CT molecular complexity index is 179. The number of nitrogens with zero attached hydrogens (tertiary/aromatic N) is 1. The molecule has 70 valence electrons. The lowest BCUT2D eigenvalue weighted by atomic mass is 10.1. The van der Waals surface area contributed by atoms with E-state index in [2.05, 4.69) is 0 Å². The zero-order chi connectivity index (χ0) is 8.27. The summed E-state index contributed by atoms with van der Waals surface area (Å²) in [7, 11) is 0. The zero-order valence-electron chi connectivity index (χ0n) is 6.25. The van der Waals surface area contributed by atoms with Gasteiger partial charge in [-0.05, 0) is 12.8 Å². The van der Waals surface area contributed by atoms with Crippen molar-refractivity contribution in [2.75, 3.05) is 13.1 Å². The minimum Gasteiger partial charge on any atom is -0.480 e. The van der Waals surface area contributed by atoms with Gasteiger partial charge >= 0.3 is 5.97 Å². The number of hydrogen-bond donors (Lipinski definition) is 1. The monoisotopic (exact) mass is 173 g/mol. The second-order valence-corrected chi connectivity index (χ2v) is 2.67. The SMILES string of the molecule is C.O=C(O)CN1CCCCC1=O. The van der Waals surface area contributed by atoms with Crippen molar-refractivity contribution in [2.24, 2.45) is 0 Å². The molecule has 4 nitrogen and oxygen atoms in total. The van der Waals surface area contributed by atoms with Gasteiger partial charge in [-0.15, -0.1) is 0 Å². The number of carboxylic acids is 1. The first kappa shape index (κ1) is 10.9. The minimum absolute atomic E-state index is 0. The van der Waals surface area contributed by atoms with Crippen LogP contribution in [0.3, 0.4) is 0 Å². The Morgan fingerprint density at radius 1 is 1.50 bits per heavy atom. The second-order valence-electron chi connectivity index (χ2n) is 2.67. The summed E-state index contributed by atoms with van der Waals surface area (Å²) in [4.78, 5) is 22.6. The van der Waals surface area contributed by atoms with E-state index in [1.807, 2.05) is 0 Å². The highest BCUT2D eigenvalue weighted by Crippen LogP contribution is 2.09. The molecule has 1 fully saturated rings. The van der Waals surface area contributed by atoms with Crippen LogP contribution in [0.5, 0.6) is 0 Å². The summed E-state index contributed by atoms with van der Waals surface area (Å²) in [5.41, 5.74) is 0. The molecule has 0 aromatic carbocycles. The van der Waals surface area contributed by atoms with Crippen LogP contribution in [-0.4, -0.2) is 35.0 Å². The van der Waals surface area contributed by atoms with Crippen molar-refractivity contribution in [2.45, 2.75) is 26.7 Å². The molecule has 1 aliphatic heterocycles. The van der Waals surface area contributed by atoms with Gasteiger partial charge in [0.05, 0.1) is 0 Å². The van der Waals surface area contributed by atoms with E-state index in [4.69, 9.17) is 5.11 Å². The molecule has 12 heavy (non-hydrogen) atoms. The molecule has 0 aliphatic carbocycles. The van der Waals surface area contributed by atoms with Crippen molar-refractivity contribution >= 4 is 11.9 Å². The van der Waals surface area contributed by atoms with Gasteiger partial charge < -0.3 is 10.0 Å². The first-order valence-corrected chi connectivity index (χ1v) is 3.70. The summed E-state index contributed by atoms with van der Waals surface area (Å²) >= 11 is 0. The van der Waals surface area contributed by atoms with Crippen LogP contribution in [-0.2, 0) is 9.59 Å². The molecule has 1 heterocycles. The summed E-state index contributed by atoms with van der Waals surface area (Å²) in [6.45, 7) is 0.462. The van der Waals surface area contributed by atoms with Gasteiger partial charge in [0.2, 0.25) is 5.91 Å². The van der Waals surface area contributed by atoms with Crippen LogP contribution in [0.2, 0.25) is 0 Å². The predicted octanol–water partition coefficient (Wildman–Crippen LogP) is 0.720. The highest BCUT2D eigenvalue weighted by atomic mass is 16.4. The summed E-state index contributed by atoms with van der Waals surface area (Å²) in [6.07, 6.45) is 2.33. The zero-order valence-corrected chi connectivity index (χ0v) is 6.25. The molecule has 1 aliphatic rings. The number of rotatable bonds is 2. The third-order valence-electron chi connectivity index (χ3n) is 1.75. The van der Waals surface area contributed by atoms with Gasteiger partial charge in [0.1, 0.15) is 6.54 Å². The number of piperidine rings is 1. The molecule has 0 aromatic heterocycles. The lowest BCUT2D eigenvalue weighted by Gasteiger charge is -2.24. The molecule has 1 N–H and O–H groups in total. The number of amides is 1. The molecule has 0 spiro atoms. The van der Waals surface area contributed by atoms with E-state index in [1.165, 1.54) is 4.90 Å². The Morgan fingerprint density at radius 2 is 2.17 bits per heavy atom. The van der Waals surface area contributed by atoms with Crippen molar-refractivity contribution in [1.29, 1.82) is 0 Å². The number of hydrogen-bond acceptors (Lipinski definition) is 2. The number of carbonyl (C=O) groups is 2. The molecule has 0 aromatic rings. The standard InChI is InChI=1S/C7H11NO3.CH4/c9-6-3-1-2-4-8(6)5-7(10)11;/h1-5H2,(H,10,11);1H4. The fraction of sp³-hybridized carbons (Fsp3) is 0.750. The summed E-state index contributed by atoms with van der Waals surface area (Å²) in [5.74, 6) is -0.959. The van der Waals surface area contributed by atoms with Gasteiger partial charge in [0.25, 0.3) is 0 Å². The van der Waals surface area contributed by atoms with Crippen molar-refractivity contribution in [3.8, 4) is 0 Å². The van der Waals surface area contributed by atoms with E-state index >= 15 is 0 Å². The first-order chi connectivity index (χ1) is 5.20. The van der Waals surface area contributed by atoms with Gasteiger partial charge in [-0.25, -0.2) is 0 Å². The van der Waals surface area contributed by atoms with Crippen molar-refractivity contribution in [3.63, 3.8) is 0 Å². The Balaban J connectivity index is 0.00000121. The lowest BCUT2D eigenvalue weighted by molar-refractivity contribution is -0.145. The molecular formula is C8H15NO3. The number of carbonyl (C=O) groups excluding carboxylic acids is 1. The van der Waals surface area contributed by atoms with E-state index in [0.717, 1.165) is 12.8 Å². The second kappa shape index (κ2) is 4.74. The maximum absolute atomic E-state index is 11.0. The van der Waals surface area contributed by atoms with E-state index < -0.39 is 5.97 Å². The van der Waals surface area contributed by atoms with Gasteiger partial charge in [0, 0.05) is 13.0 Å². The number of aliphatic carboxylic acids is 1. The fourth-order valence-corrected chi connectivity index (χ4v) is 1.19. The van der Waals surface area contributed by atoms with Gasteiger partial charge in [-0.1, -0.05) is 7.43 Å². The number of likely N-dealkylation sites (tertiary alicyclic amines) is 1. The van der Waals surface area contributed by atoms with Crippen LogP contribution in [0.1, 0.15) is 26.7 Å². The highest BCUT2D eigenvalue weighted by Gasteiger charge is 2.19. The lowest BCUT2D eigenvalue weighted by Crippen LogP contribution is -2.38. The Morgan fingerprint density at radius 3 is 2.67 bits per heavy atom. The molecule has 0 bridgehead atoms. The molecule has 0 atom stereocenters. The third-order valence-corrected chi connectivity index (χ3v) is 1.75. The van der Waals surface area contributed by atoms with Crippen LogP contribution >= 0.6 is 0 Å². The Kier molecular flexibility index (Phi) is 4.33. The topological polar surface area (TPSA) is 57.6 Å².